The number of rotatable bonds is 1. The van der Waals surface area contributed by atoms with Gasteiger partial charge in [0.15, 0.2) is 0 Å². The molecule has 70 valence electrons. The van der Waals surface area contributed by atoms with Crippen LogP contribution in [0.2, 0.25) is 5.02 Å². The van der Waals surface area contributed by atoms with Gasteiger partial charge in [-0.3, -0.25) is 0 Å². The molecule has 0 aliphatic rings. The van der Waals surface area contributed by atoms with Crippen LogP contribution in [0.25, 0.3) is 0 Å². The molecular weight excluding hydrogens is 214 g/mol. The van der Waals surface area contributed by atoms with E-state index in [1.165, 1.54) is 0 Å². The van der Waals surface area contributed by atoms with E-state index < -0.39 is 0 Å². The minimum atomic E-state index is 0.574. The van der Waals surface area contributed by atoms with Gasteiger partial charge in [-0.1, -0.05) is 23.4 Å². The van der Waals surface area contributed by atoms with Crippen molar-refractivity contribution >= 4 is 24.2 Å². The van der Waals surface area contributed by atoms with Crippen molar-refractivity contribution in [1.29, 1.82) is 5.26 Å². The molecule has 3 heteroatoms. The molecule has 0 radical (unpaired) electrons. The van der Waals surface area contributed by atoms with Gasteiger partial charge < -0.3 is 0 Å². The fraction of sp³-hybridized carbons (Fsp3) is 0.182. The zero-order valence-electron chi connectivity index (χ0n) is 7.42. The van der Waals surface area contributed by atoms with Gasteiger partial charge in [-0.05, 0) is 18.2 Å². The third-order valence-electron chi connectivity index (χ3n) is 1.56. The van der Waals surface area contributed by atoms with Crippen molar-refractivity contribution in [2.45, 2.75) is 6.42 Å². The van der Waals surface area contributed by atoms with Crippen molar-refractivity contribution in [1.82, 2.24) is 0 Å². The summed E-state index contributed by atoms with van der Waals surface area (Å²) in [5.74, 6) is 6.55. The summed E-state index contributed by atoms with van der Waals surface area (Å²) < 4.78 is 0. The van der Waals surface area contributed by atoms with Gasteiger partial charge in [-0.25, -0.2) is 0 Å². The van der Waals surface area contributed by atoms with Crippen LogP contribution in [0.1, 0.15) is 17.5 Å². The minimum Gasteiger partial charge on any atom is -0.192 e. The van der Waals surface area contributed by atoms with Crippen LogP contribution in [-0.4, -0.2) is 5.75 Å². The second kappa shape index (κ2) is 5.60. The van der Waals surface area contributed by atoms with Crippen molar-refractivity contribution in [3.05, 3.63) is 34.3 Å². The number of benzene rings is 1. The van der Waals surface area contributed by atoms with Gasteiger partial charge in [0, 0.05) is 17.7 Å². The topological polar surface area (TPSA) is 23.8 Å². The summed E-state index contributed by atoms with van der Waals surface area (Å²) in [6, 6.07) is 7.09. The molecule has 0 heterocycles. The van der Waals surface area contributed by atoms with Gasteiger partial charge in [-0.2, -0.15) is 17.9 Å². The molecule has 1 rings (SSSR count). The average molecular weight is 222 g/mol. The lowest BCUT2D eigenvalue weighted by Crippen LogP contribution is -1.80. The second-order valence-corrected chi connectivity index (χ2v) is 3.44. The highest BCUT2D eigenvalue weighted by Gasteiger charge is 1.97. The highest BCUT2D eigenvalue weighted by Crippen LogP contribution is 2.16. The van der Waals surface area contributed by atoms with Crippen molar-refractivity contribution in [2.75, 3.05) is 5.75 Å². The standard InChI is InChI=1S/C11H8ClNS/c12-11-5-4-9(8-13)7-10(11)3-1-2-6-14/h4-5,7,14H,2,6H2. The van der Waals surface area contributed by atoms with E-state index in [1.54, 1.807) is 18.2 Å². The number of nitriles is 1. The Bertz CT molecular complexity index is 423. The molecule has 0 saturated heterocycles. The highest BCUT2D eigenvalue weighted by molar-refractivity contribution is 7.80. The molecule has 0 aromatic heterocycles. The lowest BCUT2D eigenvalue weighted by Gasteiger charge is -1.95. The second-order valence-electron chi connectivity index (χ2n) is 2.58. The van der Waals surface area contributed by atoms with Crippen molar-refractivity contribution in [2.24, 2.45) is 0 Å². The minimum absolute atomic E-state index is 0.574. The van der Waals surface area contributed by atoms with E-state index in [0.717, 1.165) is 12.2 Å². The van der Waals surface area contributed by atoms with Crippen molar-refractivity contribution in [3.8, 4) is 17.9 Å². The Labute approximate surface area is 94.1 Å². The Hall–Kier alpha value is -1.09. The van der Waals surface area contributed by atoms with Crippen LogP contribution < -0.4 is 0 Å². The summed E-state index contributed by atoms with van der Waals surface area (Å²) in [7, 11) is 0. The first-order valence-corrected chi connectivity index (χ1v) is 5.08. The number of nitrogens with zero attached hydrogens (tertiary/aromatic N) is 1. The van der Waals surface area contributed by atoms with Gasteiger partial charge in [0.05, 0.1) is 16.7 Å². The lowest BCUT2D eigenvalue weighted by molar-refractivity contribution is 1.31. The molecule has 0 N–H and O–H groups in total. The molecular formula is C11H8ClNS. The molecule has 0 unspecified atom stereocenters. The SMILES string of the molecule is N#Cc1ccc(Cl)c(C#CCCS)c1. The Balaban J connectivity index is 2.98. The Morgan fingerprint density at radius 2 is 2.21 bits per heavy atom. The van der Waals surface area contributed by atoms with Crippen molar-refractivity contribution in [3.63, 3.8) is 0 Å². The van der Waals surface area contributed by atoms with E-state index in [2.05, 4.69) is 24.5 Å². The first-order chi connectivity index (χ1) is 6.77. The van der Waals surface area contributed by atoms with E-state index >= 15 is 0 Å². The summed E-state index contributed by atoms with van der Waals surface area (Å²) in [4.78, 5) is 0. The van der Waals surface area contributed by atoms with Crippen LogP contribution >= 0.6 is 24.2 Å². The maximum atomic E-state index is 8.67. The monoisotopic (exact) mass is 221 g/mol. The number of hydrogen-bond donors (Lipinski definition) is 1. The molecule has 0 spiro atoms. The summed E-state index contributed by atoms with van der Waals surface area (Å²) in [6.45, 7) is 0. The summed E-state index contributed by atoms with van der Waals surface area (Å²) in [5.41, 5.74) is 1.28. The third-order valence-corrected chi connectivity index (χ3v) is 2.11. The summed E-state index contributed by atoms with van der Waals surface area (Å²) in [6.07, 6.45) is 0.718. The molecule has 1 aromatic rings. The smallest absolute Gasteiger partial charge is 0.0992 e. The highest BCUT2D eigenvalue weighted by atomic mass is 35.5. The Morgan fingerprint density at radius 1 is 1.43 bits per heavy atom. The maximum Gasteiger partial charge on any atom is 0.0992 e. The van der Waals surface area contributed by atoms with Gasteiger partial charge in [0.25, 0.3) is 0 Å². The van der Waals surface area contributed by atoms with Crippen LogP contribution in [0.5, 0.6) is 0 Å². The van der Waals surface area contributed by atoms with Gasteiger partial charge in [0.2, 0.25) is 0 Å². The van der Waals surface area contributed by atoms with E-state index in [1.807, 2.05) is 6.07 Å². The summed E-state index contributed by atoms with van der Waals surface area (Å²) >= 11 is 9.94. The van der Waals surface area contributed by atoms with Crippen molar-refractivity contribution < 1.29 is 0 Å². The van der Waals surface area contributed by atoms with E-state index in [4.69, 9.17) is 16.9 Å². The Morgan fingerprint density at radius 3 is 2.86 bits per heavy atom. The molecule has 14 heavy (non-hydrogen) atoms. The van der Waals surface area contributed by atoms with Gasteiger partial charge >= 0.3 is 0 Å². The number of thiol groups is 1. The van der Waals surface area contributed by atoms with E-state index in [-0.39, 0.29) is 0 Å². The van der Waals surface area contributed by atoms with Crippen LogP contribution in [-0.2, 0) is 0 Å². The van der Waals surface area contributed by atoms with Crippen LogP contribution in [0.4, 0.5) is 0 Å². The fourth-order valence-electron chi connectivity index (χ4n) is 0.904. The number of hydrogen-bond acceptors (Lipinski definition) is 2. The quantitative estimate of drug-likeness (QED) is 0.572. The summed E-state index contributed by atoms with van der Waals surface area (Å²) in [5, 5.41) is 9.25. The molecule has 0 atom stereocenters. The molecule has 0 fully saturated rings. The third kappa shape index (κ3) is 3.00. The molecule has 1 aromatic carbocycles. The van der Waals surface area contributed by atoms with E-state index in [9.17, 15) is 0 Å². The lowest BCUT2D eigenvalue weighted by atomic mass is 10.1. The predicted octanol–water partition coefficient (Wildman–Crippen LogP) is 2.88. The Kier molecular flexibility index (Phi) is 4.40. The first-order valence-electron chi connectivity index (χ1n) is 4.07. The fourth-order valence-corrected chi connectivity index (χ4v) is 1.18. The van der Waals surface area contributed by atoms with E-state index in [0.29, 0.717) is 16.1 Å². The molecule has 0 saturated carbocycles. The largest absolute Gasteiger partial charge is 0.192 e. The first kappa shape index (κ1) is 11.0. The van der Waals surface area contributed by atoms with Crippen LogP contribution in [0.3, 0.4) is 0 Å². The number of halogens is 1. The molecule has 1 nitrogen and oxygen atoms in total. The molecule has 0 amide bonds. The van der Waals surface area contributed by atoms with Gasteiger partial charge in [0.1, 0.15) is 0 Å². The van der Waals surface area contributed by atoms with Gasteiger partial charge in [-0.15, -0.1) is 0 Å². The normalized spacial score (nSPS) is 8.64. The zero-order valence-corrected chi connectivity index (χ0v) is 9.07. The molecule has 0 aliphatic heterocycles. The van der Waals surface area contributed by atoms with Crippen LogP contribution in [0, 0.1) is 23.2 Å². The maximum absolute atomic E-state index is 8.67. The predicted molar refractivity (Wildman–Crippen MR) is 61.5 cm³/mol. The molecule has 0 aliphatic carbocycles. The van der Waals surface area contributed by atoms with Crippen LogP contribution in [0.15, 0.2) is 18.2 Å². The molecule has 0 bridgehead atoms. The average Bonchev–Trinajstić information content (AvgIpc) is 2.21. The zero-order chi connectivity index (χ0) is 10.4.